The fourth-order valence-electron chi connectivity index (χ4n) is 1.49. The number of nitrogens with two attached hydrogens (primary N) is 1. The Bertz CT molecular complexity index is 456. The lowest BCUT2D eigenvalue weighted by Gasteiger charge is -1.98. The van der Waals surface area contributed by atoms with Crippen LogP contribution >= 0.6 is 0 Å². The second-order valence-corrected chi connectivity index (χ2v) is 4.09. The summed E-state index contributed by atoms with van der Waals surface area (Å²) in [7, 11) is 0. The molecule has 0 saturated carbocycles. The summed E-state index contributed by atoms with van der Waals surface area (Å²) in [6.07, 6.45) is 0.764. The van der Waals surface area contributed by atoms with E-state index < -0.39 is 0 Å². The molecule has 0 spiro atoms. The molecule has 0 radical (unpaired) electrons. The molecule has 2 rings (SSSR count). The van der Waals surface area contributed by atoms with E-state index in [1.807, 2.05) is 6.92 Å². The lowest BCUT2D eigenvalue weighted by molar-refractivity contribution is 0.744. The predicted molar refractivity (Wildman–Crippen MR) is 63.0 cm³/mol. The van der Waals surface area contributed by atoms with Crippen LogP contribution in [0.5, 0.6) is 0 Å². The highest BCUT2D eigenvalue weighted by molar-refractivity contribution is 5.23. The Morgan fingerprint density at radius 2 is 2.00 bits per heavy atom. The van der Waals surface area contributed by atoms with Gasteiger partial charge in [0, 0.05) is 6.42 Å². The van der Waals surface area contributed by atoms with Crippen LogP contribution in [0.3, 0.4) is 0 Å². The van der Waals surface area contributed by atoms with E-state index in [1.54, 1.807) is 0 Å². The van der Waals surface area contributed by atoms with Crippen LogP contribution in [0.25, 0.3) is 0 Å². The van der Waals surface area contributed by atoms with E-state index >= 15 is 0 Å². The molecule has 4 heteroatoms. The van der Waals surface area contributed by atoms with Crippen molar-refractivity contribution < 1.29 is 0 Å². The highest BCUT2D eigenvalue weighted by Gasteiger charge is 2.07. The number of hydrogen-bond acceptors (Lipinski definition) is 3. The van der Waals surface area contributed by atoms with E-state index in [-0.39, 0.29) is 6.04 Å². The smallest absolute Gasteiger partial charge is 0.167 e. The van der Waals surface area contributed by atoms with Gasteiger partial charge in [-0.2, -0.15) is 5.10 Å². The molecule has 1 aromatic carbocycles. The third-order valence-corrected chi connectivity index (χ3v) is 2.45. The first-order valence-electron chi connectivity index (χ1n) is 5.37. The molecule has 2 aromatic rings. The topological polar surface area (TPSA) is 67.6 Å². The average Bonchev–Trinajstić information content (AvgIpc) is 2.70. The number of H-pyrrole nitrogens is 1. The van der Waals surface area contributed by atoms with Gasteiger partial charge in [-0.1, -0.05) is 29.8 Å². The minimum atomic E-state index is -0.122. The first-order valence-corrected chi connectivity index (χ1v) is 5.37. The monoisotopic (exact) mass is 216 g/mol. The number of aryl methyl sites for hydroxylation is 1. The van der Waals surface area contributed by atoms with E-state index in [0.717, 1.165) is 12.2 Å². The largest absolute Gasteiger partial charge is 0.321 e. The van der Waals surface area contributed by atoms with Crippen molar-refractivity contribution in [3.8, 4) is 0 Å². The van der Waals surface area contributed by atoms with Crippen LogP contribution in [0.2, 0.25) is 0 Å². The quantitative estimate of drug-likeness (QED) is 0.821. The molecule has 1 heterocycles. The van der Waals surface area contributed by atoms with Crippen molar-refractivity contribution >= 4 is 0 Å². The standard InChI is InChI=1S/C12H16N4/c1-8-3-5-10(6-4-8)7-11-14-12(9(2)13)16-15-11/h3-6,9H,7,13H2,1-2H3,(H,14,15,16). The van der Waals surface area contributed by atoms with Gasteiger partial charge in [-0.25, -0.2) is 4.98 Å². The first kappa shape index (κ1) is 10.8. The molecule has 0 aliphatic rings. The zero-order chi connectivity index (χ0) is 11.5. The van der Waals surface area contributed by atoms with Gasteiger partial charge in [0.15, 0.2) is 5.82 Å². The predicted octanol–water partition coefficient (Wildman–Crippen LogP) is 1.72. The number of aromatic amines is 1. The van der Waals surface area contributed by atoms with Crippen LogP contribution < -0.4 is 5.73 Å². The van der Waals surface area contributed by atoms with Crippen LogP contribution in [-0.2, 0) is 6.42 Å². The Hall–Kier alpha value is -1.68. The van der Waals surface area contributed by atoms with E-state index in [2.05, 4.69) is 46.4 Å². The first-order chi connectivity index (χ1) is 7.65. The Balaban J connectivity index is 2.11. The van der Waals surface area contributed by atoms with Gasteiger partial charge < -0.3 is 5.73 Å². The molecule has 16 heavy (non-hydrogen) atoms. The molecular weight excluding hydrogens is 200 g/mol. The average molecular weight is 216 g/mol. The molecular formula is C12H16N4. The SMILES string of the molecule is Cc1ccc(Cc2nc(C(C)N)n[nH]2)cc1. The van der Waals surface area contributed by atoms with Crippen molar-refractivity contribution in [3.63, 3.8) is 0 Å². The number of rotatable bonds is 3. The molecule has 0 saturated heterocycles. The maximum Gasteiger partial charge on any atom is 0.167 e. The van der Waals surface area contributed by atoms with Crippen molar-refractivity contribution in [3.05, 3.63) is 47.0 Å². The molecule has 84 valence electrons. The summed E-state index contributed by atoms with van der Waals surface area (Å²) in [6.45, 7) is 3.95. The fourth-order valence-corrected chi connectivity index (χ4v) is 1.49. The van der Waals surface area contributed by atoms with Crippen molar-refractivity contribution in [2.75, 3.05) is 0 Å². The summed E-state index contributed by atoms with van der Waals surface area (Å²) < 4.78 is 0. The van der Waals surface area contributed by atoms with Crippen LogP contribution in [0.4, 0.5) is 0 Å². The summed E-state index contributed by atoms with van der Waals surface area (Å²) in [5, 5.41) is 6.98. The minimum Gasteiger partial charge on any atom is -0.321 e. The lowest BCUT2D eigenvalue weighted by Crippen LogP contribution is -2.06. The maximum atomic E-state index is 5.70. The molecule has 0 fully saturated rings. The lowest BCUT2D eigenvalue weighted by atomic mass is 10.1. The fraction of sp³-hybridized carbons (Fsp3) is 0.333. The summed E-state index contributed by atoms with van der Waals surface area (Å²) in [4.78, 5) is 4.34. The molecule has 1 aromatic heterocycles. The van der Waals surface area contributed by atoms with Gasteiger partial charge >= 0.3 is 0 Å². The zero-order valence-electron chi connectivity index (χ0n) is 9.57. The van der Waals surface area contributed by atoms with Gasteiger partial charge in [0.1, 0.15) is 5.82 Å². The van der Waals surface area contributed by atoms with Gasteiger partial charge in [0.25, 0.3) is 0 Å². The number of hydrogen-bond donors (Lipinski definition) is 2. The number of aromatic nitrogens is 3. The van der Waals surface area contributed by atoms with Crippen molar-refractivity contribution in [2.24, 2.45) is 5.73 Å². The van der Waals surface area contributed by atoms with Gasteiger partial charge in [-0.05, 0) is 19.4 Å². The Labute approximate surface area is 94.9 Å². The van der Waals surface area contributed by atoms with Crippen molar-refractivity contribution in [2.45, 2.75) is 26.3 Å². The van der Waals surface area contributed by atoms with Crippen LogP contribution in [0.1, 0.15) is 35.7 Å². The van der Waals surface area contributed by atoms with E-state index in [9.17, 15) is 0 Å². The normalized spacial score (nSPS) is 12.7. The second kappa shape index (κ2) is 4.45. The summed E-state index contributed by atoms with van der Waals surface area (Å²) in [5.74, 6) is 1.53. The minimum absolute atomic E-state index is 0.122. The molecule has 1 unspecified atom stereocenters. The number of benzene rings is 1. The van der Waals surface area contributed by atoms with Gasteiger partial charge in [0.2, 0.25) is 0 Å². The molecule has 0 aliphatic heterocycles. The maximum absolute atomic E-state index is 5.70. The third-order valence-electron chi connectivity index (χ3n) is 2.45. The van der Waals surface area contributed by atoms with Crippen LogP contribution in [0.15, 0.2) is 24.3 Å². The summed E-state index contributed by atoms with van der Waals surface area (Å²) in [6, 6.07) is 8.27. The Kier molecular flexibility index (Phi) is 3.01. The van der Waals surface area contributed by atoms with Gasteiger partial charge in [0.05, 0.1) is 6.04 Å². The second-order valence-electron chi connectivity index (χ2n) is 4.09. The molecule has 0 aliphatic carbocycles. The highest BCUT2D eigenvalue weighted by atomic mass is 15.2. The Morgan fingerprint density at radius 3 is 2.56 bits per heavy atom. The zero-order valence-corrected chi connectivity index (χ0v) is 9.57. The number of nitrogens with zero attached hydrogens (tertiary/aromatic N) is 2. The van der Waals surface area contributed by atoms with E-state index in [0.29, 0.717) is 5.82 Å². The van der Waals surface area contributed by atoms with Crippen molar-refractivity contribution in [1.29, 1.82) is 0 Å². The van der Waals surface area contributed by atoms with Crippen LogP contribution in [-0.4, -0.2) is 15.2 Å². The van der Waals surface area contributed by atoms with E-state index in [4.69, 9.17) is 5.73 Å². The third kappa shape index (κ3) is 2.46. The molecule has 0 amide bonds. The number of nitrogens with one attached hydrogen (secondary N) is 1. The van der Waals surface area contributed by atoms with Gasteiger partial charge in [-0.15, -0.1) is 0 Å². The molecule has 3 N–H and O–H groups in total. The molecule has 0 bridgehead atoms. The summed E-state index contributed by atoms with van der Waals surface area (Å²) in [5.41, 5.74) is 8.18. The van der Waals surface area contributed by atoms with E-state index in [1.165, 1.54) is 11.1 Å². The van der Waals surface area contributed by atoms with Crippen LogP contribution in [0, 0.1) is 6.92 Å². The Morgan fingerprint density at radius 1 is 1.31 bits per heavy atom. The van der Waals surface area contributed by atoms with Gasteiger partial charge in [-0.3, -0.25) is 5.10 Å². The summed E-state index contributed by atoms with van der Waals surface area (Å²) >= 11 is 0. The highest BCUT2D eigenvalue weighted by Crippen LogP contribution is 2.09. The van der Waals surface area contributed by atoms with Crippen molar-refractivity contribution in [1.82, 2.24) is 15.2 Å². The molecule has 4 nitrogen and oxygen atoms in total. The molecule has 1 atom stereocenters.